The molecular formula is C5H7N2O2. The van der Waals surface area contributed by atoms with Crippen LogP contribution in [-0.2, 0) is 9.90 Å². The second-order valence-electron chi connectivity index (χ2n) is 2.04. The van der Waals surface area contributed by atoms with Crippen LogP contribution in [0.4, 0.5) is 0 Å². The highest BCUT2D eigenvalue weighted by molar-refractivity contribution is 5.95. The molecule has 0 aromatic heterocycles. The van der Waals surface area contributed by atoms with Crippen LogP contribution in [0.5, 0.6) is 0 Å². The van der Waals surface area contributed by atoms with Gasteiger partial charge in [0.2, 0.25) is 5.91 Å². The first-order chi connectivity index (χ1) is 4.20. The van der Waals surface area contributed by atoms with Crippen LogP contribution < -0.4 is 5.32 Å². The van der Waals surface area contributed by atoms with Crippen LogP contribution in [0.3, 0.4) is 0 Å². The molecule has 1 heterocycles. The summed E-state index contributed by atoms with van der Waals surface area (Å²) in [4.78, 5) is 14.1. The van der Waals surface area contributed by atoms with Gasteiger partial charge in [0.15, 0.2) is 0 Å². The van der Waals surface area contributed by atoms with Gasteiger partial charge in [0.05, 0.1) is 12.5 Å². The van der Waals surface area contributed by atoms with Crippen LogP contribution in [0.25, 0.3) is 0 Å². The Morgan fingerprint density at radius 1 is 1.78 bits per heavy atom. The van der Waals surface area contributed by atoms with Crippen LogP contribution in [0.15, 0.2) is 4.99 Å². The highest BCUT2D eigenvalue weighted by Gasteiger charge is 2.19. The molecule has 0 saturated carbocycles. The van der Waals surface area contributed by atoms with Gasteiger partial charge in [-0.3, -0.25) is 10.1 Å². The molecule has 0 aromatic carbocycles. The molecule has 9 heavy (non-hydrogen) atoms. The van der Waals surface area contributed by atoms with E-state index < -0.39 is 6.02 Å². The highest BCUT2D eigenvalue weighted by Crippen LogP contribution is 1.99. The standard InChI is InChI=1S/C5H7N2O2/c1-3-2-6-5(9)7-4(3)8/h3H,2H2,1H3,(H,6,7,8). The second kappa shape index (κ2) is 2.05. The predicted octanol–water partition coefficient (Wildman–Crippen LogP) is -0.461. The zero-order valence-electron chi connectivity index (χ0n) is 5.05. The maximum Gasteiger partial charge on any atom is 0.343 e. The molecule has 0 saturated heterocycles. The molecule has 0 aliphatic carbocycles. The van der Waals surface area contributed by atoms with Crippen LogP contribution in [0.1, 0.15) is 6.92 Å². The van der Waals surface area contributed by atoms with Crippen molar-refractivity contribution >= 4 is 11.9 Å². The number of rotatable bonds is 0. The highest BCUT2D eigenvalue weighted by atomic mass is 16.3. The van der Waals surface area contributed by atoms with E-state index in [2.05, 4.69) is 10.3 Å². The van der Waals surface area contributed by atoms with Crippen molar-refractivity contribution in [1.82, 2.24) is 5.32 Å². The number of hydrogen-bond acceptors (Lipinski definition) is 2. The monoisotopic (exact) mass is 127 g/mol. The number of nitrogens with one attached hydrogen (secondary N) is 1. The molecule has 1 rings (SSSR count). The molecule has 1 aliphatic rings. The molecule has 1 N–H and O–H groups in total. The van der Waals surface area contributed by atoms with E-state index in [-0.39, 0.29) is 11.8 Å². The van der Waals surface area contributed by atoms with Crippen LogP contribution in [0, 0.1) is 5.92 Å². The quantitative estimate of drug-likeness (QED) is 0.470. The molecule has 49 valence electrons. The van der Waals surface area contributed by atoms with E-state index in [9.17, 15) is 9.90 Å². The van der Waals surface area contributed by atoms with Gasteiger partial charge in [-0.1, -0.05) is 6.92 Å². The summed E-state index contributed by atoms with van der Waals surface area (Å²) in [5.41, 5.74) is 0. The van der Waals surface area contributed by atoms with Gasteiger partial charge >= 0.3 is 6.02 Å². The molecule has 0 bridgehead atoms. The Kier molecular flexibility index (Phi) is 1.38. The van der Waals surface area contributed by atoms with Crippen LogP contribution in [-0.4, -0.2) is 18.5 Å². The minimum atomic E-state index is -0.516. The topological polar surface area (TPSA) is 61.4 Å². The first-order valence-electron chi connectivity index (χ1n) is 2.72. The third kappa shape index (κ3) is 1.19. The normalized spacial score (nSPS) is 27.0. The van der Waals surface area contributed by atoms with Crippen LogP contribution in [0.2, 0.25) is 0 Å². The fourth-order valence-corrected chi connectivity index (χ4v) is 0.571. The van der Waals surface area contributed by atoms with Gasteiger partial charge in [-0.15, -0.1) is 0 Å². The van der Waals surface area contributed by atoms with E-state index in [0.717, 1.165) is 0 Å². The summed E-state index contributed by atoms with van der Waals surface area (Å²) in [5.74, 6) is -0.377. The Bertz CT molecular complexity index is 164. The average molecular weight is 127 g/mol. The van der Waals surface area contributed by atoms with Gasteiger partial charge in [-0.05, 0) is 0 Å². The Labute approximate surface area is 52.6 Å². The number of amides is 1. The summed E-state index contributed by atoms with van der Waals surface area (Å²) in [6.45, 7) is 2.05. The summed E-state index contributed by atoms with van der Waals surface area (Å²) < 4.78 is 0. The largest absolute Gasteiger partial charge is 0.343 e. The summed E-state index contributed by atoms with van der Waals surface area (Å²) in [5, 5.41) is 12.4. The SMILES string of the molecule is CC1CN=C([O])NC1=O. The van der Waals surface area contributed by atoms with E-state index in [1.165, 1.54) is 0 Å². The molecule has 0 fully saturated rings. The minimum Gasteiger partial charge on any atom is -0.276 e. The second-order valence-corrected chi connectivity index (χ2v) is 2.04. The number of aliphatic imine (C=N–C) groups is 1. The molecule has 1 amide bonds. The zero-order chi connectivity index (χ0) is 6.85. The van der Waals surface area contributed by atoms with Gasteiger partial charge in [0, 0.05) is 0 Å². The lowest BCUT2D eigenvalue weighted by Crippen LogP contribution is -2.39. The first kappa shape index (κ1) is 6.07. The van der Waals surface area contributed by atoms with Crippen molar-refractivity contribution in [3.63, 3.8) is 0 Å². The van der Waals surface area contributed by atoms with Crippen molar-refractivity contribution in [2.45, 2.75) is 6.92 Å². The van der Waals surface area contributed by atoms with Crippen molar-refractivity contribution in [3.8, 4) is 0 Å². The van der Waals surface area contributed by atoms with Crippen molar-refractivity contribution < 1.29 is 9.90 Å². The Morgan fingerprint density at radius 2 is 2.44 bits per heavy atom. The number of carbonyl (C=O) groups is 1. The third-order valence-electron chi connectivity index (χ3n) is 1.19. The number of amidine groups is 1. The fraction of sp³-hybridized carbons (Fsp3) is 0.600. The van der Waals surface area contributed by atoms with E-state index in [0.29, 0.717) is 6.54 Å². The maximum absolute atomic E-state index is 10.6. The van der Waals surface area contributed by atoms with Gasteiger partial charge < -0.3 is 0 Å². The number of carbonyl (C=O) groups excluding carboxylic acids is 1. The lowest BCUT2D eigenvalue weighted by molar-refractivity contribution is -0.123. The van der Waals surface area contributed by atoms with Gasteiger partial charge in [-0.25, -0.2) is 10.1 Å². The smallest absolute Gasteiger partial charge is 0.276 e. The number of nitrogens with zero attached hydrogens (tertiary/aromatic N) is 1. The average Bonchev–Trinajstić information content (AvgIpc) is 1.80. The van der Waals surface area contributed by atoms with Crippen molar-refractivity contribution in [2.75, 3.05) is 6.54 Å². The summed E-state index contributed by atoms with van der Waals surface area (Å²) in [6, 6.07) is -0.516. The molecule has 1 aliphatic heterocycles. The Morgan fingerprint density at radius 3 is 2.89 bits per heavy atom. The maximum atomic E-state index is 10.6. The lowest BCUT2D eigenvalue weighted by Gasteiger charge is -2.11. The van der Waals surface area contributed by atoms with E-state index >= 15 is 0 Å². The molecule has 1 atom stereocenters. The lowest BCUT2D eigenvalue weighted by atomic mass is 10.1. The van der Waals surface area contributed by atoms with Crippen molar-refractivity contribution in [2.24, 2.45) is 10.9 Å². The Hall–Kier alpha value is -1.06. The van der Waals surface area contributed by atoms with E-state index in [1.807, 2.05) is 0 Å². The molecule has 4 heteroatoms. The molecule has 1 unspecified atom stereocenters. The van der Waals surface area contributed by atoms with Gasteiger partial charge in [0.25, 0.3) is 0 Å². The van der Waals surface area contributed by atoms with Crippen molar-refractivity contribution in [1.29, 1.82) is 0 Å². The first-order valence-corrected chi connectivity index (χ1v) is 2.72. The zero-order valence-corrected chi connectivity index (χ0v) is 5.05. The Balaban J connectivity index is 2.65. The van der Waals surface area contributed by atoms with Gasteiger partial charge in [0.1, 0.15) is 0 Å². The van der Waals surface area contributed by atoms with E-state index in [4.69, 9.17) is 0 Å². The predicted molar refractivity (Wildman–Crippen MR) is 30.3 cm³/mol. The number of hydrogen-bond donors (Lipinski definition) is 1. The molecule has 1 radical (unpaired) electrons. The third-order valence-corrected chi connectivity index (χ3v) is 1.19. The fourth-order valence-electron chi connectivity index (χ4n) is 0.571. The summed E-state index contributed by atoms with van der Waals surface area (Å²) >= 11 is 0. The molecule has 0 aromatic rings. The van der Waals surface area contributed by atoms with Crippen LogP contribution >= 0.6 is 0 Å². The minimum absolute atomic E-state index is 0.150. The van der Waals surface area contributed by atoms with Crippen molar-refractivity contribution in [3.05, 3.63) is 0 Å². The summed E-state index contributed by atoms with van der Waals surface area (Å²) in [6.07, 6.45) is 0. The van der Waals surface area contributed by atoms with Gasteiger partial charge in [-0.2, -0.15) is 0 Å². The molecule has 0 spiro atoms. The summed E-state index contributed by atoms with van der Waals surface area (Å²) in [7, 11) is 0. The molecular weight excluding hydrogens is 120 g/mol. The van der Waals surface area contributed by atoms with E-state index in [1.54, 1.807) is 6.92 Å². The molecule has 4 nitrogen and oxygen atoms in total.